The first-order chi connectivity index (χ1) is 10.3. The quantitative estimate of drug-likeness (QED) is 0.907. The van der Waals surface area contributed by atoms with Gasteiger partial charge in [-0.25, -0.2) is 4.98 Å². The van der Waals surface area contributed by atoms with Gasteiger partial charge < -0.3 is 4.74 Å². The van der Waals surface area contributed by atoms with E-state index in [-0.39, 0.29) is 6.10 Å². The fourth-order valence-electron chi connectivity index (χ4n) is 2.55. The molecule has 2 aromatic rings. The van der Waals surface area contributed by atoms with E-state index in [1.165, 1.54) is 5.56 Å². The standard InChI is InChI=1S/C15H21N5O/c1-2-3-14-17-15(19-18-14)13-11-20(8-9-21-13)10-12-4-6-16-7-5-12/h4-7,13H,2-3,8-11H2,1H3,(H,17,18,19)/t13-/m1/s1. The van der Waals surface area contributed by atoms with E-state index in [0.29, 0.717) is 6.61 Å². The van der Waals surface area contributed by atoms with Crippen LogP contribution in [0, 0.1) is 0 Å². The first-order valence-corrected chi connectivity index (χ1v) is 7.49. The number of aromatic amines is 1. The lowest BCUT2D eigenvalue weighted by molar-refractivity contribution is -0.0370. The van der Waals surface area contributed by atoms with Crippen LogP contribution < -0.4 is 0 Å². The number of pyridine rings is 1. The van der Waals surface area contributed by atoms with Crippen molar-refractivity contribution in [3.05, 3.63) is 41.7 Å². The van der Waals surface area contributed by atoms with E-state index < -0.39 is 0 Å². The second-order valence-corrected chi connectivity index (χ2v) is 5.34. The van der Waals surface area contributed by atoms with Crippen molar-refractivity contribution in [2.75, 3.05) is 19.7 Å². The fraction of sp³-hybridized carbons (Fsp3) is 0.533. The van der Waals surface area contributed by atoms with E-state index in [1.54, 1.807) is 0 Å². The molecule has 3 heterocycles. The molecule has 0 radical (unpaired) electrons. The lowest BCUT2D eigenvalue weighted by Gasteiger charge is -2.31. The Labute approximate surface area is 124 Å². The number of hydrogen-bond donors (Lipinski definition) is 1. The molecule has 112 valence electrons. The van der Waals surface area contributed by atoms with Gasteiger partial charge >= 0.3 is 0 Å². The highest BCUT2D eigenvalue weighted by Crippen LogP contribution is 2.20. The third-order valence-electron chi connectivity index (χ3n) is 3.63. The van der Waals surface area contributed by atoms with Gasteiger partial charge in [0.15, 0.2) is 5.82 Å². The Morgan fingerprint density at radius 3 is 3.05 bits per heavy atom. The van der Waals surface area contributed by atoms with E-state index in [0.717, 1.165) is 44.1 Å². The average molecular weight is 287 g/mol. The predicted octanol–water partition coefficient (Wildman–Crippen LogP) is 1.73. The average Bonchev–Trinajstić information content (AvgIpc) is 2.98. The lowest BCUT2D eigenvalue weighted by Crippen LogP contribution is -2.38. The number of hydrogen-bond acceptors (Lipinski definition) is 5. The Hall–Kier alpha value is -1.79. The van der Waals surface area contributed by atoms with E-state index in [1.807, 2.05) is 12.4 Å². The second-order valence-electron chi connectivity index (χ2n) is 5.34. The summed E-state index contributed by atoms with van der Waals surface area (Å²) in [5.41, 5.74) is 1.27. The van der Waals surface area contributed by atoms with Gasteiger partial charge in [-0.2, -0.15) is 5.10 Å². The van der Waals surface area contributed by atoms with Crippen LogP contribution in [0.4, 0.5) is 0 Å². The Bertz CT molecular complexity index is 556. The van der Waals surface area contributed by atoms with Gasteiger partial charge in [0.1, 0.15) is 11.9 Å². The highest BCUT2D eigenvalue weighted by Gasteiger charge is 2.25. The number of nitrogens with zero attached hydrogens (tertiary/aromatic N) is 4. The Morgan fingerprint density at radius 2 is 2.24 bits per heavy atom. The molecule has 0 amide bonds. The van der Waals surface area contributed by atoms with Crippen LogP contribution in [0.15, 0.2) is 24.5 Å². The highest BCUT2D eigenvalue weighted by molar-refractivity contribution is 5.09. The van der Waals surface area contributed by atoms with Crippen LogP contribution in [0.2, 0.25) is 0 Å². The van der Waals surface area contributed by atoms with Gasteiger partial charge in [-0.15, -0.1) is 0 Å². The first kappa shape index (κ1) is 14.2. The normalized spacial score (nSPS) is 19.8. The van der Waals surface area contributed by atoms with Crippen LogP contribution in [0.3, 0.4) is 0 Å². The van der Waals surface area contributed by atoms with Crippen LogP contribution in [-0.4, -0.2) is 44.8 Å². The molecule has 1 aliphatic heterocycles. The summed E-state index contributed by atoms with van der Waals surface area (Å²) in [4.78, 5) is 11.0. The lowest BCUT2D eigenvalue weighted by atomic mass is 10.2. The molecular formula is C15H21N5O. The summed E-state index contributed by atoms with van der Waals surface area (Å²) >= 11 is 0. The van der Waals surface area contributed by atoms with Gasteiger partial charge in [0.25, 0.3) is 0 Å². The van der Waals surface area contributed by atoms with Crippen LogP contribution in [0.1, 0.15) is 36.7 Å². The van der Waals surface area contributed by atoms with Crippen LogP contribution in [0.25, 0.3) is 0 Å². The molecule has 0 saturated carbocycles. The molecule has 6 nitrogen and oxygen atoms in total. The summed E-state index contributed by atoms with van der Waals surface area (Å²) in [7, 11) is 0. The molecule has 1 N–H and O–H groups in total. The zero-order valence-corrected chi connectivity index (χ0v) is 12.3. The fourth-order valence-corrected chi connectivity index (χ4v) is 2.55. The van der Waals surface area contributed by atoms with Crippen molar-refractivity contribution in [2.45, 2.75) is 32.4 Å². The molecule has 1 aliphatic rings. The summed E-state index contributed by atoms with van der Waals surface area (Å²) in [6.07, 6.45) is 5.62. The van der Waals surface area contributed by atoms with Crippen molar-refractivity contribution in [2.24, 2.45) is 0 Å². The van der Waals surface area contributed by atoms with Gasteiger partial charge in [-0.3, -0.25) is 15.0 Å². The van der Waals surface area contributed by atoms with Crippen molar-refractivity contribution in [3.63, 3.8) is 0 Å². The smallest absolute Gasteiger partial charge is 0.180 e. The van der Waals surface area contributed by atoms with Crippen LogP contribution in [-0.2, 0) is 17.7 Å². The summed E-state index contributed by atoms with van der Waals surface area (Å²) < 4.78 is 5.82. The van der Waals surface area contributed by atoms with E-state index in [9.17, 15) is 0 Å². The maximum absolute atomic E-state index is 5.82. The maximum Gasteiger partial charge on any atom is 0.180 e. The third kappa shape index (κ3) is 3.65. The first-order valence-electron chi connectivity index (χ1n) is 7.49. The third-order valence-corrected chi connectivity index (χ3v) is 3.63. The number of nitrogens with one attached hydrogen (secondary N) is 1. The summed E-state index contributed by atoms with van der Waals surface area (Å²) in [6, 6.07) is 4.10. The summed E-state index contributed by atoms with van der Waals surface area (Å²) in [5, 5.41) is 7.30. The van der Waals surface area contributed by atoms with E-state index in [2.05, 4.69) is 44.1 Å². The van der Waals surface area contributed by atoms with Crippen molar-refractivity contribution >= 4 is 0 Å². The molecule has 0 unspecified atom stereocenters. The molecule has 1 saturated heterocycles. The number of aryl methyl sites for hydroxylation is 1. The molecular weight excluding hydrogens is 266 g/mol. The van der Waals surface area contributed by atoms with Gasteiger partial charge in [0.05, 0.1) is 6.61 Å². The van der Waals surface area contributed by atoms with Gasteiger partial charge in [-0.05, 0) is 24.1 Å². The van der Waals surface area contributed by atoms with Gasteiger partial charge in [-0.1, -0.05) is 6.92 Å². The molecule has 6 heteroatoms. The summed E-state index contributed by atoms with van der Waals surface area (Å²) in [6.45, 7) is 5.52. The van der Waals surface area contributed by atoms with E-state index >= 15 is 0 Å². The Morgan fingerprint density at radius 1 is 1.38 bits per heavy atom. The molecule has 21 heavy (non-hydrogen) atoms. The van der Waals surface area contributed by atoms with Crippen molar-refractivity contribution in [1.29, 1.82) is 0 Å². The number of aromatic nitrogens is 4. The monoisotopic (exact) mass is 287 g/mol. The SMILES string of the molecule is CCCc1nc([C@H]2CN(Cc3ccncc3)CCO2)n[nH]1. The zero-order valence-electron chi connectivity index (χ0n) is 12.3. The Balaban J connectivity index is 1.62. The molecule has 3 rings (SSSR count). The number of H-pyrrole nitrogens is 1. The van der Waals surface area contributed by atoms with Crippen molar-refractivity contribution in [3.8, 4) is 0 Å². The minimum Gasteiger partial charge on any atom is -0.367 e. The highest BCUT2D eigenvalue weighted by atomic mass is 16.5. The van der Waals surface area contributed by atoms with Gasteiger partial charge in [0.2, 0.25) is 0 Å². The van der Waals surface area contributed by atoms with Crippen LogP contribution in [0.5, 0.6) is 0 Å². The molecule has 2 aromatic heterocycles. The number of ether oxygens (including phenoxy) is 1. The molecule has 1 atom stereocenters. The molecule has 0 spiro atoms. The van der Waals surface area contributed by atoms with Crippen molar-refractivity contribution < 1.29 is 4.74 Å². The molecule has 0 aliphatic carbocycles. The molecule has 1 fully saturated rings. The second kappa shape index (κ2) is 6.78. The largest absolute Gasteiger partial charge is 0.367 e. The Kier molecular flexibility index (Phi) is 4.57. The topological polar surface area (TPSA) is 66.9 Å². The van der Waals surface area contributed by atoms with Crippen LogP contribution >= 0.6 is 0 Å². The van der Waals surface area contributed by atoms with Gasteiger partial charge in [0, 0.05) is 38.4 Å². The molecule has 0 bridgehead atoms. The molecule has 0 aromatic carbocycles. The minimum atomic E-state index is -0.0394. The summed E-state index contributed by atoms with van der Waals surface area (Å²) in [5.74, 6) is 1.72. The van der Waals surface area contributed by atoms with E-state index in [4.69, 9.17) is 4.74 Å². The minimum absolute atomic E-state index is 0.0394. The number of morpholine rings is 1. The zero-order chi connectivity index (χ0) is 14.5. The number of rotatable bonds is 5. The van der Waals surface area contributed by atoms with Crippen molar-refractivity contribution in [1.82, 2.24) is 25.1 Å². The maximum atomic E-state index is 5.82. The predicted molar refractivity (Wildman–Crippen MR) is 78.6 cm³/mol.